The first-order chi connectivity index (χ1) is 8.63. The molecule has 0 saturated carbocycles. The van der Waals surface area contributed by atoms with Crippen LogP contribution in [-0.2, 0) is 0 Å². The third-order valence-electron chi connectivity index (χ3n) is 2.50. The van der Waals surface area contributed by atoms with Crippen LogP contribution in [0.2, 0.25) is 0 Å². The van der Waals surface area contributed by atoms with Crippen molar-refractivity contribution in [1.29, 1.82) is 0 Å². The van der Waals surface area contributed by atoms with E-state index >= 15 is 0 Å². The zero-order valence-electron chi connectivity index (χ0n) is 10.1. The van der Waals surface area contributed by atoms with E-state index in [0.717, 1.165) is 5.75 Å². The number of benzene rings is 1. The zero-order chi connectivity index (χ0) is 13.1. The lowest BCUT2D eigenvalue weighted by atomic mass is 10.1. The van der Waals surface area contributed by atoms with E-state index in [1.807, 2.05) is 6.92 Å². The van der Waals surface area contributed by atoms with E-state index in [9.17, 15) is 4.79 Å². The van der Waals surface area contributed by atoms with Crippen LogP contribution in [-0.4, -0.2) is 22.8 Å². The molecular weight excluding hydrogens is 234 g/mol. The molecule has 0 spiro atoms. The van der Waals surface area contributed by atoms with Crippen LogP contribution >= 0.6 is 0 Å². The number of aromatic nitrogens is 1. The third-order valence-corrected chi connectivity index (χ3v) is 2.50. The number of rotatable bonds is 4. The smallest absolute Gasteiger partial charge is 0.341 e. The maximum atomic E-state index is 11.1. The fourth-order valence-corrected chi connectivity index (χ4v) is 1.69. The summed E-state index contributed by atoms with van der Waals surface area (Å²) in [6, 6.07) is 7.03. The minimum Gasteiger partial charge on any atom is -0.494 e. The van der Waals surface area contributed by atoms with Crippen molar-refractivity contribution in [3.8, 4) is 17.1 Å². The van der Waals surface area contributed by atoms with Gasteiger partial charge in [-0.3, -0.25) is 0 Å². The number of carboxylic acid groups (broad SMARTS) is 1. The topological polar surface area (TPSA) is 72.6 Å². The number of aryl methyl sites for hydroxylation is 1. The molecule has 0 fully saturated rings. The molecule has 1 N–H and O–H groups in total. The number of hydrogen-bond donors (Lipinski definition) is 1. The van der Waals surface area contributed by atoms with E-state index in [2.05, 4.69) is 5.16 Å². The molecule has 0 atom stereocenters. The highest BCUT2D eigenvalue weighted by Crippen LogP contribution is 2.27. The van der Waals surface area contributed by atoms with Gasteiger partial charge in [0.15, 0.2) is 5.76 Å². The number of carbonyl (C=O) groups is 1. The second-order valence-corrected chi connectivity index (χ2v) is 3.73. The van der Waals surface area contributed by atoms with Gasteiger partial charge in [0.25, 0.3) is 0 Å². The highest BCUT2D eigenvalue weighted by atomic mass is 16.5. The highest BCUT2D eigenvalue weighted by Gasteiger charge is 2.20. The van der Waals surface area contributed by atoms with Crippen LogP contribution in [0.15, 0.2) is 28.8 Å². The summed E-state index contributed by atoms with van der Waals surface area (Å²) >= 11 is 0. The van der Waals surface area contributed by atoms with Crippen molar-refractivity contribution in [2.75, 3.05) is 6.61 Å². The monoisotopic (exact) mass is 247 g/mol. The Bertz CT molecular complexity index is 557. The molecule has 5 nitrogen and oxygen atoms in total. The fourth-order valence-electron chi connectivity index (χ4n) is 1.69. The normalized spacial score (nSPS) is 10.3. The molecular formula is C13H13NO4. The van der Waals surface area contributed by atoms with Crippen molar-refractivity contribution in [2.45, 2.75) is 13.8 Å². The molecule has 5 heteroatoms. The molecule has 1 aromatic carbocycles. The second kappa shape index (κ2) is 4.91. The van der Waals surface area contributed by atoms with Crippen LogP contribution in [0.25, 0.3) is 11.3 Å². The summed E-state index contributed by atoms with van der Waals surface area (Å²) in [6.07, 6.45) is 0. The molecule has 2 rings (SSSR count). The molecule has 1 aromatic heterocycles. The van der Waals surface area contributed by atoms with Gasteiger partial charge < -0.3 is 14.4 Å². The lowest BCUT2D eigenvalue weighted by Crippen LogP contribution is -1.99. The molecule has 0 radical (unpaired) electrons. The van der Waals surface area contributed by atoms with Gasteiger partial charge in [-0.1, -0.05) is 5.16 Å². The second-order valence-electron chi connectivity index (χ2n) is 3.73. The zero-order valence-corrected chi connectivity index (χ0v) is 10.1. The summed E-state index contributed by atoms with van der Waals surface area (Å²) in [5.41, 5.74) is 1.13. The summed E-state index contributed by atoms with van der Waals surface area (Å²) in [4.78, 5) is 11.1. The summed E-state index contributed by atoms with van der Waals surface area (Å²) in [6.45, 7) is 4.09. The minimum atomic E-state index is -1.04. The molecule has 0 unspecified atom stereocenters. The van der Waals surface area contributed by atoms with Gasteiger partial charge in [-0.05, 0) is 38.1 Å². The van der Waals surface area contributed by atoms with Crippen LogP contribution < -0.4 is 4.74 Å². The van der Waals surface area contributed by atoms with Crippen molar-refractivity contribution in [3.05, 3.63) is 35.5 Å². The van der Waals surface area contributed by atoms with Crippen LogP contribution in [0.1, 0.15) is 23.0 Å². The van der Waals surface area contributed by atoms with Crippen LogP contribution in [0.5, 0.6) is 5.75 Å². The van der Waals surface area contributed by atoms with E-state index < -0.39 is 5.97 Å². The minimum absolute atomic E-state index is 0.0964. The van der Waals surface area contributed by atoms with Gasteiger partial charge in [-0.2, -0.15) is 0 Å². The fraction of sp³-hybridized carbons (Fsp3) is 0.231. The predicted octanol–water partition coefficient (Wildman–Crippen LogP) is 2.75. The average molecular weight is 247 g/mol. The Hall–Kier alpha value is -2.30. The Kier molecular flexibility index (Phi) is 3.32. The molecule has 94 valence electrons. The van der Waals surface area contributed by atoms with E-state index in [4.69, 9.17) is 14.4 Å². The number of nitrogens with zero attached hydrogens (tertiary/aromatic N) is 1. The molecule has 1 heterocycles. The lowest BCUT2D eigenvalue weighted by Gasteiger charge is -2.03. The van der Waals surface area contributed by atoms with Gasteiger partial charge in [-0.25, -0.2) is 4.79 Å². The van der Waals surface area contributed by atoms with E-state index in [1.165, 1.54) is 0 Å². The number of carboxylic acids is 1. The van der Waals surface area contributed by atoms with Crippen LogP contribution in [0.4, 0.5) is 0 Å². The Labute approximate surface area is 104 Å². The van der Waals surface area contributed by atoms with Crippen molar-refractivity contribution >= 4 is 5.97 Å². The van der Waals surface area contributed by atoms with Gasteiger partial charge in [0, 0.05) is 5.56 Å². The van der Waals surface area contributed by atoms with Gasteiger partial charge in [0.2, 0.25) is 0 Å². The lowest BCUT2D eigenvalue weighted by molar-refractivity contribution is 0.0696. The SMILES string of the molecule is CCOc1ccc(-c2onc(C)c2C(=O)O)cc1. The number of aromatic carboxylic acids is 1. The first-order valence-electron chi connectivity index (χ1n) is 5.56. The average Bonchev–Trinajstić information content (AvgIpc) is 2.73. The summed E-state index contributed by atoms with van der Waals surface area (Å²) in [7, 11) is 0. The molecule has 18 heavy (non-hydrogen) atoms. The Morgan fingerprint density at radius 2 is 2.06 bits per heavy atom. The van der Waals surface area contributed by atoms with Crippen molar-refractivity contribution in [1.82, 2.24) is 5.16 Å². The maximum absolute atomic E-state index is 11.1. The Balaban J connectivity index is 2.40. The standard InChI is InChI=1S/C13H13NO4/c1-3-17-10-6-4-9(5-7-10)12-11(13(15)16)8(2)14-18-12/h4-7H,3H2,1-2H3,(H,15,16). The predicted molar refractivity (Wildman–Crippen MR) is 64.8 cm³/mol. The van der Waals surface area contributed by atoms with Gasteiger partial charge in [-0.15, -0.1) is 0 Å². The first kappa shape index (κ1) is 12.2. The maximum Gasteiger partial charge on any atom is 0.341 e. The summed E-state index contributed by atoms with van der Waals surface area (Å²) in [5, 5.41) is 12.8. The summed E-state index contributed by atoms with van der Waals surface area (Å²) < 4.78 is 10.4. The highest BCUT2D eigenvalue weighted by molar-refractivity contribution is 5.95. The molecule has 0 amide bonds. The van der Waals surface area contributed by atoms with Crippen LogP contribution in [0, 0.1) is 6.92 Å². The molecule has 0 aliphatic carbocycles. The van der Waals surface area contributed by atoms with Crippen LogP contribution in [0.3, 0.4) is 0 Å². The quantitative estimate of drug-likeness (QED) is 0.899. The van der Waals surface area contributed by atoms with Gasteiger partial charge >= 0.3 is 5.97 Å². The largest absolute Gasteiger partial charge is 0.494 e. The first-order valence-corrected chi connectivity index (χ1v) is 5.56. The van der Waals surface area contributed by atoms with Crippen molar-refractivity contribution < 1.29 is 19.2 Å². The molecule has 2 aromatic rings. The third kappa shape index (κ3) is 2.20. The molecule has 0 aliphatic heterocycles. The number of ether oxygens (including phenoxy) is 1. The van der Waals surface area contributed by atoms with Crippen molar-refractivity contribution in [3.63, 3.8) is 0 Å². The van der Waals surface area contributed by atoms with E-state index in [0.29, 0.717) is 17.9 Å². The Morgan fingerprint density at radius 1 is 1.39 bits per heavy atom. The van der Waals surface area contributed by atoms with E-state index in [-0.39, 0.29) is 11.3 Å². The summed E-state index contributed by atoms with van der Waals surface area (Å²) in [5.74, 6) is -0.0463. The number of hydrogen-bond acceptors (Lipinski definition) is 4. The van der Waals surface area contributed by atoms with Crippen molar-refractivity contribution in [2.24, 2.45) is 0 Å². The molecule has 0 bridgehead atoms. The molecule has 0 aliphatic rings. The van der Waals surface area contributed by atoms with Gasteiger partial charge in [0.1, 0.15) is 11.3 Å². The van der Waals surface area contributed by atoms with E-state index in [1.54, 1.807) is 31.2 Å². The molecule has 0 saturated heterocycles. The van der Waals surface area contributed by atoms with Gasteiger partial charge in [0.05, 0.1) is 12.3 Å². The Morgan fingerprint density at radius 3 is 2.61 bits per heavy atom.